The second-order valence-corrected chi connectivity index (χ2v) is 7.17. The Bertz CT molecular complexity index is 877. The highest BCUT2D eigenvalue weighted by atomic mass is 16.5. The molecule has 0 saturated heterocycles. The van der Waals surface area contributed by atoms with Crippen LogP contribution in [0.15, 0.2) is 30.3 Å². The average Bonchev–Trinajstić information content (AvgIpc) is 3.22. The number of esters is 2. The van der Waals surface area contributed by atoms with E-state index in [4.69, 9.17) is 9.47 Å². The topological polar surface area (TPSA) is 72.8 Å². The van der Waals surface area contributed by atoms with E-state index in [1.165, 1.54) is 7.11 Å². The maximum Gasteiger partial charge on any atom is 0.342 e. The molecule has 1 aliphatic rings. The fourth-order valence-corrected chi connectivity index (χ4v) is 3.99. The van der Waals surface area contributed by atoms with Gasteiger partial charge in [0.05, 0.1) is 19.3 Å². The summed E-state index contributed by atoms with van der Waals surface area (Å²) in [7, 11) is 1.33. The molecule has 0 bridgehead atoms. The van der Waals surface area contributed by atoms with E-state index in [0.29, 0.717) is 16.7 Å². The number of hydrogen-bond acceptors (Lipinski definition) is 5. The van der Waals surface area contributed by atoms with E-state index in [1.807, 2.05) is 31.2 Å². The average molecular weight is 382 g/mol. The van der Waals surface area contributed by atoms with E-state index in [0.717, 1.165) is 36.8 Å². The third-order valence-corrected chi connectivity index (χ3v) is 5.34. The molecule has 0 amide bonds. The molecule has 148 valence electrons. The molecule has 0 aromatic heterocycles. The number of carbonyl (C=O) groups is 2. The minimum absolute atomic E-state index is 0.00727. The lowest BCUT2D eigenvalue weighted by Gasteiger charge is -2.21. The van der Waals surface area contributed by atoms with Gasteiger partial charge >= 0.3 is 11.9 Å². The van der Waals surface area contributed by atoms with Crippen LogP contribution in [0, 0.1) is 6.92 Å². The van der Waals surface area contributed by atoms with Crippen LogP contribution in [0.3, 0.4) is 0 Å². The Hall–Kier alpha value is -2.82. The molecule has 1 aliphatic carbocycles. The molecule has 28 heavy (non-hydrogen) atoms. The first-order chi connectivity index (χ1) is 13.5. The third-order valence-electron chi connectivity index (χ3n) is 5.34. The zero-order valence-corrected chi connectivity index (χ0v) is 16.6. The lowest BCUT2D eigenvalue weighted by Crippen LogP contribution is -2.15. The van der Waals surface area contributed by atoms with Gasteiger partial charge in [-0.3, -0.25) is 0 Å². The van der Waals surface area contributed by atoms with Crippen molar-refractivity contribution in [2.75, 3.05) is 13.7 Å². The van der Waals surface area contributed by atoms with E-state index >= 15 is 0 Å². The van der Waals surface area contributed by atoms with Gasteiger partial charge in [0.2, 0.25) is 0 Å². The highest BCUT2D eigenvalue weighted by Gasteiger charge is 2.32. The molecular weight excluding hydrogens is 356 g/mol. The summed E-state index contributed by atoms with van der Waals surface area (Å²) in [5.74, 6) is -1.18. The van der Waals surface area contributed by atoms with Gasteiger partial charge in [-0.15, -0.1) is 0 Å². The number of phenols is 1. The van der Waals surface area contributed by atoms with Gasteiger partial charge in [0.1, 0.15) is 11.3 Å². The molecule has 1 N–H and O–H groups in total. The van der Waals surface area contributed by atoms with Gasteiger partial charge in [0.25, 0.3) is 0 Å². The first-order valence-electron chi connectivity index (χ1n) is 9.70. The Morgan fingerprint density at radius 2 is 1.71 bits per heavy atom. The van der Waals surface area contributed by atoms with Crippen molar-refractivity contribution >= 4 is 11.9 Å². The summed E-state index contributed by atoms with van der Waals surface area (Å²) in [5.41, 5.74) is 3.20. The molecule has 2 aromatic rings. The molecule has 0 aliphatic heterocycles. The van der Waals surface area contributed by atoms with Gasteiger partial charge in [-0.05, 0) is 49.8 Å². The maximum atomic E-state index is 12.8. The van der Waals surface area contributed by atoms with Crippen LogP contribution in [0.1, 0.15) is 70.4 Å². The maximum absolute atomic E-state index is 12.8. The van der Waals surface area contributed by atoms with Gasteiger partial charge < -0.3 is 14.6 Å². The number of aryl methyl sites for hydroxylation is 1. The summed E-state index contributed by atoms with van der Waals surface area (Å²) in [6, 6.07) is 9.05. The van der Waals surface area contributed by atoms with Crippen LogP contribution in [0.5, 0.6) is 5.75 Å². The van der Waals surface area contributed by atoms with Gasteiger partial charge in [0, 0.05) is 5.56 Å². The standard InChI is InChI=1S/C23H26O5/c1-4-28-23(26)21-18(24)13-17(15-7-5-6-8-15)20(22(25)27-3)19(21)16-11-9-14(2)10-12-16/h9-13,15,24H,4-8H2,1-3H3. The monoisotopic (exact) mass is 382 g/mol. The molecule has 2 aromatic carbocycles. The van der Waals surface area contributed by atoms with Crippen LogP contribution in [-0.4, -0.2) is 30.8 Å². The van der Waals surface area contributed by atoms with Crippen molar-refractivity contribution in [3.05, 3.63) is 52.6 Å². The summed E-state index contributed by atoms with van der Waals surface area (Å²) in [6.45, 7) is 3.84. The Kier molecular flexibility index (Phi) is 6.02. The number of rotatable bonds is 5. The second kappa shape index (κ2) is 8.46. The van der Waals surface area contributed by atoms with Crippen LogP contribution < -0.4 is 0 Å². The number of ether oxygens (including phenoxy) is 2. The predicted octanol–water partition coefficient (Wildman–Crippen LogP) is 4.99. The van der Waals surface area contributed by atoms with Gasteiger partial charge in [-0.1, -0.05) is 42.7 Å². The summed E-state index contributed by atoms with van der Waals surface area (Å²) >= 11 is 0. The number of benzene rings is 2. The van der Waals surface area contributed by atoms with Crippen molar-refractivity contribution in [1.82, 2.24) is 0 Å². The summed E-state index contributed by atoms with van der Waals surface area (Å²) in [6.07, 6.45) is 4.03. The molecule has 0 spiro atoms. The molecule has 1 fully saturated rings. The van der Waals surface area contributed by atoms with E-state index in [9.17, 15) is 14.7 Å². The van der Waals surface area contributed by atoms with Crippen molar-refractivity contribution < 1.29 is 24.2 Å². The van der Waals surface area contributed by atoms with Crippen LogP contribution in [0.25, 0.3) is 11.1 Å². The van der Waals surface area contributed by atoms with E-state index < -0.39 is 11.9 Å². The minimum atomic E-state index is -0.654. The first kappa shape index (κ1) is 19.9. The highest BCUT2D eigenvalue weighted by Crippen LogP contribution is 2.44. The van der Waals surface area contributed by atoms with E-state index in [1.54, 1.807) is 13.0 Å². The van der Waals surface area contributed by atoms with Crippen LogP contribution in [0.4, 0.5) is 0 Å². The van der Waals surface area contributed by atoms with Crippen LogP contribution >= 0.6 is 0 Å². The molecular formula is C23H26O5. The molecule has 5 heteroatoms. The molecule has 5 nitrogen and oxygen atoms in total. The van der Waals surface area contributed by atoms with Crippen molar-refractivity contribution in [3.63, 3.8) is 0 Å². The molecule has 0 atom stereocenters. The normalized spacial score (nSPS) is 14.1. The highest BCUT2D eigenvalue weighted by molar-refractivity contribution is 6.08. The third kappa shape index (κ3) is 3.75. The fourth-order valence-electron chi connectivity index (χ4n) is 3.99. The van der Waals surface area contributed by atoms with Crippen molar-refractivity contribution in [2.24, 2.45) is 0 Å². The molecule has 3 rings (SSSR count). The number of carbonyl (C=O) groups excluding carboxylic acids is 2. The minimum Gasteiger partial charge on any atom is -0.507 e. The smallest absolute Gasteiger partial charge is 0.342 e. The quantitative estimate of drug-likeness (QED) is 0.738. The first-order valence-corrected chi connectivity index (χ1v) is 9.70. The Balaban J connectivity index is 2.35. The lowest BCUT2D eigenvalue weighted by atomic mass is 9.84. The zero-order valence-electron chi connectivity index (χ0n) is 16.6. The molecule has 1 saturated carbocycles. The lowest BCUT2D eigenvalue weighted by molar-refractivity contribution is 0.0524. The summed E-state index contributed by atoms with van der Waals surface area (Å²) < 4.78 is 10.3. The van der Waals surface area contributed by atoms with Gasteiger partial charge in [0.15, 0.2) is 0 Å². The zero-order chi connectivity index (χ0) is 20.3. The SMILES string of the molecule is CCOC(=O)c1c(O)cc(C2CCCC2)c(C(=O)OC)c1-c1ccc(C)cc1. The summed E-state index contributed by atoms with van der Waals surface area (Å²) in [5, 5.41) is 10.8. The van der Waals surface area contributed by atoms with E-state index in [2.05, 4.69) is 0 Å². The van der Waals surface area contributed by atoms with Crippen molar-refractivity contribution in [2.45, 2.75) is 45.4 Å². The Morgan fingerprint density at radius 1 is 1.07 bits per heavy atom. The predicted molar refractivity (Wildman–Crippen MR) is 107 cm³/mol. The molecule has 0 heterocycles. The number of hydrogen-bond donors (Lipinski definition) is 1. The van der Waals surface area contributed by atoms with Crippen LogP contribution in [-0.2, 0) is 9.47 Å². The Morgan fingerprint density at radius 3 is 2.29 bits per heavy atom. The number of methoxy groups -OCH3 is 1. The number of phenolic OH excluding ortho intramolecular Hbond substituents is 1. The van der Waals surface area contributed by atoms with Crippen LogP contribution in [0.2, 0.25) is 0 Å². The number of aromatic hydroxyl groups is 1. The summed E-state index contributed by atoms with van der Waals surface area (Å²) in [4.78, 5) is 25.5. The van der Waals surface area contributed by atoms with Crippen molar-refractivity contribution in [1.29, 1.82) is 0 Å². The van der Waals surface area contributed by atoms with Gasteiger partial charge in [-0.25, -0.2) is 9.59 Å². The molecule has 0 radical (unpaired) electrons. The van der Waals surface area contributed by atoms with Gasteiger partial charge in [-0.2, -0.15) is 0 Å². The van der Waals surface area contributed by atoms with Crippen molar-refractivity contribution in [3.8, 4) is 16.9 Å². The van der Waals surface area contributed by atoms with E-state index in [-0.39, 0.29) is 23.8 Å². The fraction of sp³-hybridized carbons (Fsp3) is 0.391. The Labute approximate surface area is 165 Å². The second-order valence-electron chi connectivity index (χ2n) is 7.17. The largest absolute Gasteiger partial charge is 0.507 e. The molecule has 0 unspecified atom stereocenters.